The Kier molecular flexibility index (Phi) is 4.36. The Balaban J connectivity index is 1.53. The van der Waals surface area contributed by atoms with E-state index in [9.17, 15) is 0 Å². The third kappa shape index (κ3) is 3.93. The molecule has 0 aliphatic carbocycles. The molecule has 1 saturated heterocycles. The highest BCUT2D eigenvalue weighted by atomic mass is 35.5. The smallest absolute Gasteiger partial charge is 0.219 e. The first-order valence-corrected chi connectivity index (χ1v) is 7.60. The Morgan fingerprint density at radius 2 is 1.86 bits per heavy atom. The van der Waals surface area contributed by atoms with Crippen molar-refractivity contribution in [3.63, 3.8) is 0 Å². The van der Waals surface area contributed by atoms with E-state index >= 15 is 0 Å². The maximum atomic E-state index is 5.92. The van der Waals surface area contributed by atoms with Crippen molar-refractivity contribution in [1.82, 2.24) is 14.9 Å². The van der Waals surface area contributed by atoms with Crippen LogP contribution in [0.4, 0.5) is 5.95 Å². The van der Waals surface area contributed by atoms with Gasteiger partial charge in [-0.15, -0.1) is 0 Å². The molecule has 110 valence electrons. The van der Waals surface area contributed by atoms with Crippen LogP contribution in [-0.2, 0) is 13.0 Å². The normalized spacial score (nSPS) is 19.0. The van der Waals surface area contributed by atoms with Gasteiger partial charge in [0.2, 0.25) is 5.95 Å². The van der Waals surface area contributed by atoms with Gasteiger partial charge in [0.15, 0.2) is 0 Å². The second-order valence-electron chi connectivity index (χ2n) is 5.67. The van der Waals surface area contributed by atoms with E-state index in [0.29, 0.717) is 11.9 Å². The summed E-state index contributed by atoms with van der Waals surface area (Å²) < 4.78 is 0. The minimum Gasteiger partial charge on any atom is -0.368 e. The number of benzene rings is 1. The minimum atomic E-state index is 0.334. The van der Waals surface area contributed by atoms with Crippen molar-refractivity contribution in [2.45, 2.75) is 19.4 Å². The molecule has 1 atom stereocenters. The van der Waals surface area contributed by atoms with Gasteiger partial charge in [0.05, 0.1) is 0 Å². The summed E-state index contributed by atoms with van der Waals surface area (Å²) in [6.45, 7) is 3.15. The molecule has 0 spiro atoms. The van der Waals surface area contributed by atoms with Crippen LogP contribution in [0.5, 0.6) is 0 Å². The number of anilines is 1. The summed E-state index contributed by atoms with van der Waals surface area (Å²) in [5.74, 6) is 1.04. The fourth-order valence-corrected chi connectivity index (χ4v) is 3.01. The molecule has 0 amide bonds. The summed E-state index contributed by atoms with van der Waals surface area (Å²) in [4.78, 5) is 10.5. The molecule has 1 aliphatic heterocycles. The summed E-state index contributed by atoms with van der Waals surface area (Å²) in [6, 6.07) is 8.18. The summed E-state index contributed by atoms with van der Waals surface area (Å²) in [6.07, 6.45) is 5.98. The van der Waals surface area contributed by atoms with Crippen LogP contribution in [0.25, 0.3) is 0 Å². The second kappa shape index (κ2) is 6.41. The number of nitrogens with two attached hydrogens (primary N) is 1. The van der Waals surface area contributed by atoms with E-state index in [0.717, 1.165) is 36.6 Å². The summed E-state index contributed by atoms with van der Waals surface area (Å²) in [7, 11) is 0. The quantitative estimate of drug-likeness (QED) is 0.943. The average Bonchev–Trinajstić information content (AvgIpc) is 2.91. The molecule has 0 saturated carbocycles. The zero-order chi connectivity index (χ0) is 14.7. The predicted octanol–water partition coefficient (Wildman–Crippen LogP) is 2.78. The molecule has 2 aromatic rings. The molecule has 1 unspecified atom stereocenters. The molecule has 1 aliphatic rings. The number of nitrogen functional groups attached to an aromatic ring is 1. The van der Waals surface area contributed by atoms with Crippen molar-refractivity contribution in [3.05, 3.63) is 52.8 Å². The molecule has 1 fully saturated rings. The molecule has 0 radical (unpaired) electrons. The fraction of sp³-hybridized carbons (Fsp3) is 0.375. The molecule has 5 heteroatoms. The second-order valence-corrected chi connectivity index (χ2v) is 6.11. The minimum absolute atomic E-state index is 0.334. The zero-order valence-corrected chi connectivity index (χ0v) is 12.6. The van der Waals surface area contributed by atoms with Crippen molar-refractivity contribution in [2.24, 2.45) is 5.92 Å². The van der Waals surface area contributed by atoms with Crippen LogP contribution < -0.4 is 5.73 Å². The number of hydrogen-bond donors (Lipinski definition) is 1. The average molecular weight is 303 g/mol. The highest BCUT2D eigenvalue weighted by Gasteiger charge is 2.22. The fourth-order valence-electron chi connectivity index (χ4n) is 2.88. The van der Waals surface area contributed by atoms with E-state index in [4.69, 9.17) is 17.3 Å². The zero-order valence-electron chi connectivity index (χ0n) is 11.9. The first kappa shape index (κ1) is 14.3. The highest BCUT2D eigenvalue weighted by molar-refractivity contribution is 6.30. The molecule has 21 heavy (non-hydrogen) atoms. The Labute approximate surface area is 130 Å². The Morgan fingerprint density at radius 1 is 1.14 bits per heavy atom. The number of aromatic nitrogens is 2. The Morgan fingerprint density at radius 3 is 2.57 bits per heavy atom. The molecule has 2 N–H and O–H groups in total. The van der Waals surface area contributed by atoms with Crippen molar-refractivity contribution in [1.29, 1.82) is 0 Å². The van der Waals surface area contributed by atoms with Gasteiger partial charge in [-0.1, -0.05) is 23.7 Å². The molecule has 1 aromatic carbocycles. The third-order valence-corrected chi connectivity index (χ3v) is 4.19. The topological polar surface area (TPSA) is 55.0 Å². The van der Waals surface area contributed by atoms with E-state index in [1.54, 1.807) is 0 Å². The number of nitrogens with zero attached hydrogens (tertiary/aromatic N) is 3. The number of rotatable bonds is 4. The molecular weight excluding hydrogens is 284 g/mol. The predicted molar refractivity (Wildman–Crippen MR) is 85.0 cm³/mol. The Bertz CT molecular complexity index is 529. The maximum absolute atomic E-state index is 5.92. The van der Waals surface area contributed by atoms with Crippen LogP contribution in [0.2, 0.25) is 5.02 Å². The third-order valence-electron chi connectivity index (χ3n) is 3.94. The van der Waals surface area contributed by atoms with Crippen LogP contribution in [-0.4, -0.2) is 28.0 Å². The lowest BCUT2D eigenvalue weighted by Crippen LogP contribution is -2.21. The van der Waals surface area contributed by atoms with Gasteiger partial charge in [0.1, 0.15) is 0 Å². The van der Waals surface area contributed by atoms with E-state index in [1.165, 1.54) is 12.0 Å². The number of halogens is 1. The van der Waals surface area contributed by atoms with Crippen molar-refractivity contribution >= 4 is 17.5 Å². The van der Waals surface area contributed by atoms with Crippen LogP contribution in [0.3, 0.4) is 0 Å². The van der Waals surface area contributed by atoms with Crippen molar-refractivity contribution in [3.8, 4) is 0 Å². The molecule has 0 bridgehead atoms. The summed E-state index contributed by atoms with van der Waals surface area (Å²) in [5.41, 5.74) is 7.99. The van der Waals surface area contributed by atoms with Gasteiger partial charge in [0.25, 0.3) is 0 Å². The summed E-state index contributed by atoms with van der Waals surface area (Å²) >= 11 is 5.92. The van der Waals surface area contributed by atoms with E-state index in [2.05, 4.69) is 27.0 Å². The van der Waals surface area contributed by atoms with Gasteiger partial charge in [-0.25, -0.2) is 9.97 Å². The standard InChI is InChI=1S/C16H19ClN4/c17-15-3-1-12(2-4-15)7-13-5-6-21(10-13)11-14-8-19-16(18)20-9-14/h1-4,8-9,13H,5-7,10-11H2,(H2,18,19,20). The first-order chi connectivity index (χ1) is 10.2. The lowest BCUT2D eigenvalue weighted by atomic mass is 9.99. The van der Waals surface area contributed by atoms with E-state index < -0.39 is 0 Å². The van der Waals surface area contributed by atoms with Crippen LogP contribution >= 0.6 is 11.6 Å². The maximum Gasteiger partial charge on any atom is 0.219 e. The van der Waals surface area contributed by atoms with Crippen molar-refractivity contribution < 1.29 is 0 Å². The molecule has 4 nitrogen and oxygen atoms in total. The molecular formula is C16H19ClN4. The lowest BCUT2D eigenvalue weighted by Gasteiger charge is -2.15. The largest absolute Gasteiger partial charge is 0.368 e. The number of hydrogen-bond acceptors (Lipinski definition) is 4. The molecule has 1 aromatic heterocycles. The summed E-state index contributed by atoms with van der Waals surface area (Å²) in [5, 5.41) is 0.801. The van der Waals surface area contributed by atoms with Crippen LogP contribution in [0.1, 0.15) is 17.5 Å². The number of likely N-dealkylation sites (tertiary alicyclic amines) is 1. The monoisotopic (exact) mass is 302 g/mol. The van der Waals surface area contributed by atoms with Gasteiger partial charge in [0, 0.05) is 36.1 Å². The van der Waals surface area contributed by atoms with Crippen molar-refractivity contribution in [2.75, 3.05) is 18.8 Å². The molecule has 2 heterocycles. The van der Waals surface area contributed by atoms with E-state index in [-0.39, 0.29) is 0 Å². The SMILES string of the molecule is Nc1ncc(CN2CCC(Cc3ccc(Cl)cc3)C2)cn1. The van der Waals surface area contributed by atoms with Crippen LogP contribution in [0, 0.1) is 5.92 Å². The first-order valence-electron chi connectivity index (χ1n) is 7.22. The van der Waals surface area contributed by atoms with Gasteiger partial charge >= 0.3 is 0 Å². The van der Waals surface area contributed by atoms with Gasteiger partial charge < -0.3 is 5.73 Å². The molecule has 3 rings (SSSR count). The lowest BCUT2D eigenvalue weighted by molar-refractivity contribution is 0.315. The Hall–Kier alpha value is -1.65. The van der Waals surface area contributed by atoms with Gasteiger partial charge in [-0.2, -0.15) is 0 Å². The van der Waals surface area contributed by atoms with Gasteiger partial charge in [-0.05, 0) is 43.0 Å². The highest BCUT2D eigenvalue weighted by Crippen LogP contribution is 2.23. The van der Waals surface area contributed by atoms with Gasteiger partial charge in [-0.3, -0.25) is 4.90 Å². The van der Waals surface area contributed by atoms with E-state index in [1.807, 2.05) is 24.5 Å². The van der Waals surface area contributed by atoms with Crippen LogP contribution in [0.15, 0.2) is 36.7 Å².